The Balaban J connectivity index is 2.62. The number of aromatic nitrogens is 1. The van der Waals surface area contributed by atoms with Crippen molar-refractivity contribution in [1.29, 1.82) is 0 Å². The lowest BCUT2D eigenvalue weighted by Crippen LogP contribution is -2.37. The van der Waals surface area contributed by atoms with Crippen LogP contribution in [0, 0.1) is 5.21 Å². The van der Waals surface area contributed by atoms with Crippen molar-refractivity contribution in [3.8, 4) is 0 Å². The van der Waals surface area contributed by atoms with Gasteiger partial charge in [0.25, 0.3) is 0 Å². The molecule has 94 valence electrons. The van der Waals surface area contributed by atoms with Gasteiger partial charge in [-0.25, -0.2) is 4.79 Å². The molecule has 0 N–H and O–H groups in total. The molecule has 17 heavy (non-hydrogen) atoms. The molecule has 0 saturated heterocycles. The van der Waals surface area contributed by atoms with Gasteiger partial charge < -0.3 is 9.94 Å². The number of ether oxygens (including phenoxy) is 1. The molecular formula is C10H12Cl2N2O3. The van der Waals surface area contributed by atoms with Crippen LogP contribution in [0.5, 0.6) is 0 Å². The van der Waals surface area contributed by atoms with Crippen molar-refractivity contribution in [2.45, 2.75) is 19.4 Å². The van der Waals surface area contributed by atoms with Crippen LogP contribution in [-0.2, 0) is 4.74 Å². The van der Waals surface area contributed by atoms with Gasteiger partial charge in [0, 0.05) is 6.07 Å². The minimum absolute atomic E-state index is 0.00653. The second-order valence-corrected chi connectivity index (χ2v) is 4.92. The zero-order valence-electron chi connectivity index (χ0n) is 9.39. The second kappa shape index (κ2) is 5.53. The number of esters is 1. The van der Waals surface area contributed by atoms with E-state index in [2.05, 4.69) is 0 Å². The summed E-state index contributed by atoms with van der Waals surface area (Å²) in [5.74, 6) is -0.599. The molecule has 0 aliphatic heterocycles. The average Bonchev–Trinajstić information content (AvgIpc) is 2.25. The van der Waals surface area contributed by atoms with E-state index in [4.69, 9.17) is 28.3 Å². The van der Waals surface area contributed by atoms with Crippen molar-refractivity contribution >= 4 is 29.5 Å². The van der Waals surface area contributed by atoms with E-state index in [1.54, 1.807) is 13.8 Å². The van der Waals surface area contributed by atoms with Crippen LogP contribution < -0.4 is 4.73 Å². The molecule has 1 aromatic rings. The number of hydrogen-bond acceptors (Lipinski definition) is 4. The second-order valence-electron chi connectivity index (χ2n) is 4.07. The van der Waals surface area contributed by atoms with Crippen LogP contribution in [0.2, 0.25) is 0 Å². The lowest BCUT2D eigenvalue weighted by atomic mass is 10.1. The van der Waals surface area contributed by atoms with Crippen molar-refractivity contribution in [2.75, 3.05) is 6.61 Å². The predicted octanol–water partition coefficient (Wildman–Crippen LogP) is 1.86. The van der Waals surface area contributed by atoms with E-state index in [1.807, 2.05) is 0 Å². The fraction of sp³-hybridized carbons (Fsp3) is 0.400. The first-order chi connectivity index (χ1) is 7.83. The molecule has 0 unspecified atom stereocenters. The van der Waals surface area contributed by atoms with Gasteiger partial charge in [0.05, 0.1) is 5.54 Å². The minimum Gasteiger partial charge on any atom is -0.619 e. The standard InChI is InChI=1S/C10H12Cl2N2O3/c1-10(2,14(11)12)7-17-9(15)8-4-3-5-13(16)6-8/h3-6H,7H2,1-2H3. The highest BCUT2D eigenvalue weighted by Crippen LogP contribution is 2.20. The Morgan fingerprint density at radius 3 is 2.76 bits per heavy atom. The molecule has 5 nitrogen and oxygen atoms in total. The van der Waals surface area contributed by atoms with E-state index in [-0.39, 0.29) is 12.2 Å². The van der Waals surface area contributed by atoms with Crippen molar-refractivity contribution in [1.82, 2.24) is 3.94 Å². The zero-order chi connectivity index (χ0) is 13.1. The van der Waals surface area contributed by atoms with Gasteiger partial charge >= 0.3 is 5.97 Å². The number of rotatable bonds is 4. The topological polar surface area (TPSA) is 56.5 Å². The number of pyridine rings is 1. The van der Waals surface area contributed by atoms with Crippen LogP contribution >= 0.6 is 23.6 Å². The Kier molecular flexibility index (Phi) is 4.56. The molecule has 0 amide bonds. The highest BCUT2D eigenvalue weighted by molar-refractivity contribution is 6.34. The van der Waals surface area contributed by atoms with Crippen LogP contribution in [0.1, 0.15) is 24.2 Å². The normalized spacial score (nSPS) is 11.6. The Morgan fingerprint density at radius 2 is 2.24 bits per heavy atom. The first-order valence-electron chi connectivity index (χ1n) is 4.81. The number of nitrogens with zero attached hydrogens (tertiary/aromatic N) is 2. The van der Waals surface area contributed by atoms with E-state index in [1.165, 1.54) is 18.3 Å². The van der Waals surface area contributed by atoms with Crippen molar-refractivity contribution in [3.05, 3.63) is 35.3 Å². The van der Waals surface area contributed by atoms with Gasteiger partial charge in [-0.3, -0.25) is 0 Å². The molecule has 0 aliphatic carbocycles. The number of carbonyl (C=O) groups is 1. The summed E-state index contributed by atoms with van der Waals surface area (Å²) in [5.41, 5.74) is -0.532. The molecule has 0 saturated carbocycles. The molecule has 7 heteroatoms. The largest absolute Gasteiger partial charge is 0.619 e. The Morgan fingerprint density at radius 1 is 1.59 bits per heavy atom. The summed E-state index contributed by atoms with van der Waals surface area (Å²) < 4.78 is 6.45. The summed E-state index contributed by atoms with van der Waals surface area (Å²) in [7, 11) is 0. The van der Waals surface area contributed by atoms with Crippen molar-refractivity contribution in [2.24, 2.45) is 0 Å². The lowest BCUT2D eigenvalue weighted by molar-refractivity contribution is -0.605. The first-order valence-corrected chi connectivity index (χ1v) is 5.48. The number of hydrogen-bond donors (Lipinski definition) is 0. The molecule has 0 fully saturated rings. The lowest BCUT2D eigenvalue weighted by Gasteiger charge is -2.26. The van der Waals surface area contributed by atoms with E-state index >= 15 is 0 Å². The summed E-state index contributed by atoms with van der Waals surface area (Å²) in [6, 6.07) is 2.95. The van der Waals surface area contributed by atoms with Crippen LogP contribution in [0.15, 0.2) is 24.5 Å². The summed E-state index contributed by atoms with van der Waals surface area (Å²) >= 11 is 11.2. The summed E-state index contributed by atoms with van der Waals surface area (Å²) in [4.78, 5) is 11.6. The molecule has 0 aliphatic rings. The maximum Gasteiger partial charge on any atom is 0.344 e. The smallest absolute Gasteiger partial charge is 0.344 e. The number of carbonyl (C=O) groups excluding carboxylic acids is 1. The maximum atomic E-state index is 11.6. The van der Waals surface area contributed by atoms with Crippen LogP contribution in [0.3, 0.4) is 0 Å². The SMILES string of the molecule is CC(C)(COC(=O)c1ccc[n+]([O-])c1)N(Cl)Cl. The third kappa shape index (κ3) is 4.03. The molecule has 0 spiro atoms. The van der Waals surface area contributed by atoms with Gasteiger partial charge in [-0.1, -0.05) is 0 Å². The highest BCUT2D eigenvalue weighted by atomic mass is 35.5. The maximum absolute atomic E-state index is 11.6. The van der Waals surface area contributed by atoms with Crippen LogP contribution in [0.4, 0.5) is 0 Å². The van der Waals surface area contributed by atoms with E-state index in [0.29, 0.717) is 4.73 Å². The summed E-state index contributed by atoms with van der Waals surface area (Å²) in [6.07, 6.45) is 2.41. The molecule has 1 heterocycles. The third-order valence-corrected chi connectivity index (χ3v) is 2.94. The minimum atomic E-state index is -0.707. The Bertz CT molecular complexity index is 410. The van der Waals surface area contributed by atoms with E-state index < -0.39 is 11.5 Å². The van der Waals surface area contributed by atoms with E-state index in [0.717, 1.165) is 10.1 Å². The summed E-state index contributed by atoms with van der Waals surface area (Å²) in [5, 5.41) is 11.0. The van der Waals surface area contributed by atoms with Gasteiger partial charge in [0.15, 0.2) is 12.4 Å². The number of halogens is 2. The molecular weight excluding hydrogens is 267 g/mol. The summed E-state index contributed by atoms with van der Waals surface area (Å²) in [6.45, 7) is 3.42. The van der Waals surface area contributed by atoms with Crippen molar-refractivity contribution < 1.29 is 14.3 Å². The van der Waals surface area contributed by atoms with Gasteiger partial charge in [0.2, 0.25) is 0 Å². The molecule has 0 aromatic carbocycles. The predicted molar refractivity (Wildman–Crippen MR) is 63.3 cm³/mol. The average molecular weight is 279 g/mol. The molecule has 1 aromatic heterocycles. The fourth-order valence-electron chi connectivity index (χ4n) is 0.950. The van der Waals surface area contributed by atoms with Gasteiger partial charge in [-0.05, 0) is 43.5 Å². The molecule has 0 radical (unpaired) electrons. The first kappa shape index (κ1) is 14.0. The molecule has 1 rings (SSSR count). The zero-order valence-corrected chi connectivity index (χ0v) is 10.9. The monoisotopic (exact) mass is 278 g/mol. The van der Waals surface area contributed by atoms with Gasteiger partial charge in [-0.15, -0.1) is 3.94 Å². The molecule has 0 bridgehead atoms. The highest BCUT2D eigenvalue weighted by Gasteiger charge is 2.27. The van der Waals surface area contributed by atoms with E-state index in [9.17, 15) is 10.0 Å². The van der Waals surface area contributed by atoms with Crippen molar-refractivity contribution in [3.63, 3.8) is 0 Å². The molecule has 0 atom stereocenters. The Hall–Kier alpha value is -1.04. The Labute approximate surface area is 109 Å². The van der Waals surface area contributed by atoms with Gasteiger partial charge in [-0.2, -0.15) is 4.73 Å². The van der Waals surface area contributed by atoms with Crippen LogP contribution in [0.25, 0.3) is 0 Å². The van der Waals surface area contributed by atoms with Crippen LogP contribution in [-0.4, -0.2) is 22.1 Å². The third-order valence-electron chi connectivity index (χ3n) is 2.02. The quantitative estimate of drug-likeness (QED) is 0.365. The van der Waals surface area contributed by atoms with Gasteiger partial charge in [0.1, 0.15) is 12.2 Å². The fourth-order valence-corrected chi connectivity index (χ4v) is 1.05.